The summed E-state index contributed by atoms with van der Waals surface area (Å²) in [5.74, 6) is 0. The fourth-order valence-electron chi connectivity index (χ4n) is 6.50. The lowest BCUT2D eigenvalue weighted by molar-refractivity contribution is 1.62. The Labute approximate surface area is 249 Å². The first-order chi connectivity index (χ1) is 22.5. The molecule has 0 aliphatic heterocycles. The van der Waals surface area contributed by atoms with Gasteiger partial charge in [-0.05, 0) is 111 Å². The summed E-state index contributed by atoms with van der Waals surface area (Å²) in [6.45, 7) is 0. The number of benzene rings is 9. The Hall–Kier alpha value is -5.46. The van der Waals surface area contributed by atoms with Gasteiger partial charge in [-0.15, -0.1) is 0 Å². The number of fused-ring (bicyclic) bond motifs is 9. The molecule has 0 N–H and O–H groups in total. The standard InChI is InChI=1S/C42H26/c1-2-7-31-26-42-36(23-30(31)6-1)14-13-34-24-33(17-20-39(34)42)28-11-9-27(10-12-28)32-16-19-38-35(25-32)18-22-40-37-8-4-3-5-29(37)15-21-41(38)40/h1-26H/i9D,10D,11D,12D. The molecule has 0 aromatic heterocycles. The molecule has 0 amide bonds. The van der Waals surface area contributed by atoms with Gasteiger partial charge in [-0.2, -0.15) is 0 Å². The molecule has 0 fully saturated rings. The predicted molar refractivity (Wildman–Crippen MR) is 182 cm³/mol. The lowest BCUT2D eigenvalue weighted by atomic mass is 9.93. The first-order valence-corrected chi connectivity index (χ1v) is 14.3. The summed E-state index contributed by atoms with van der Waals surface area (Å²) in [5, 5.41) is 13.6. The van der Waals surface area contributed by atoms with Crippen molar-refractivity contribution in [3.05, 3.63) is 158 Å². The average Bonchev–Trinajstić information content (AvgIpc) is 3.09. The van der Waals surface area contributed by atoms with Crippen LogP contribution in [0.25, 0.3) is 86.9 Å². The van der Waals surface area contributed by atoms with Crippen molar-refractivity contribution in [2.45, 2.75) is 0 Å². The molecule has 9 aromatic carbocycles. The van der Waals surface area contributed by atoms with Crippen LogP contribution in [0, 0.1) is 0 Å². The maximum atomic E-state index is 9.05. The van der Waals surface area contributed by atoms with Gasteiger partial charge >= 0.3 is 0 Å². The summed E-state index contributed by atoms with van der Waals surface area (Å²) >= 11 is 0. The van der Waals surface area contributed by atoms with Crippen molar-refractivity contribution < 1.29 is 5.48 Å². The Morgan fingerprint density at radius 1 is 0.262 bits per heavy atom. The van der Waals surface area contributed by atoms with E-state index in [4.69, 9.17) is 5.48 Å². The van der Waals surface area contributed by atoms with Crippen molar-refractivity contribution in [2.75, 3.05) is 0 Å². The summed E-state index contributed by atoms with van der Waals surface area (Å²) in [5.41, 5.74) is 1.98. The highest BCUT2D eigenvalue weighted by molar-refractivity contribution is 6.17. The third kappa shape index (κ3) is 3.62. The highest BCUT2D eigenvalue weighted by Crippen LogP contribution is 2.35. The summed E-state index contributed by atoms with van der Waals surface area (Å²) in [6, 6.07) is 45.6. The molecule has 0 radical (unpaired) electrons. The molecule has 9 aromatic rings. The highest BCUT2D eigenvalue weighted by Gasteiger charge is 2.08. The van der Waals surface area contributed by atoms with E-state index in [9.17, 15) is 0 Å². The van der Waals surface area contributed by atoms with Crippen molar-refractivity contribution in [3.8, 4) is 22.3 Å². The van der Waals surface area contributed by atoms with Crippen molar-refractivity contribution >= 4 is 64.6 Å². The minimum absolute atomic E-state index is 0.0350. The second-order valence-corrected chi connectivity index (χ2v) is 11.1. The monoisotopic (exact) mass is 534 g/mol. The molecule has 42 heavy (non-hydrogen) atoms. The molecule has 0 heteroatoms. The third-order valence-electron chi connectivity index (χ3n) is 8.65. The van der Waals surface area contributed by atoms with Crippen LogP contribution in [0.15, 0.2) is 158 Å². The molecule has 0 saturated carbocycles. The molecular formula is C42H26. The van der Waals surface area contributed by atoms with E-state index in [0.717, 1.165) is 37.7 Å². The van der Waals surface area contributed by atoms with Gasteiger partial charge in [-0.1, -0.05) is 133 Å². The molecule has 0 bridgehead atoms. The van der Waals surface area contributed by atoms with Crippen molar-refractivity contribution in [1.82, 2.24) is 0 Å². The molecule has 0 unspecified atom stereocenters. The minimum Gasteiger partial charge on any atom is -0.0616 e. The molecule has 9 rings (SSSR count). The van der Waals surface area contributed by atoms with E-state index in [2.05, 4.69) is 78.9 Å². The van der Waals surface area contributed by atoms with Crippen LogP contribution < -0.4 is 0 Å². The minimum atomic E-state index is -0.0350. The van der Waals surface area contributed by atoms with Crippen LogP contribution >= 0.6 is 0 Å². The Kier molecular flexibility index (Phi) is 4.21. The van der Waals surface area contributed by atoms with Gasteiger partial charge in [0.05, 0.1) is 5.48 Å². The van der Waals surface area contributed by atoms with Gasteiger partial charge in [-0.3, -0.25) is 0 Å². The molecule has 0 aliphatic carbocycles. The second kappa shape index (κ2) is 9.03. The van der Waals surface area contributed by atoms with Gasteiger partial charge in [0.1, 0.15) is 0 Å². The molecular weight excluding hydrogens is 504 g/mol. The zero-order valence-corrected chi connectivity index (χ0v) is 22.7. The van der Waals surface area contributed by atoms with Crippen LogP contribution in [0.3, 0.4) is 0 Å². The average molecular weight is 535 g/mol. The highest BCUT2D eigenvalue weighted by atomic mass is 14.1. The SMILES string of the molecule is [2H]c1c([2H])c(-c2ccc3c(ccc4c5ccccc5ccc34)c2)c([2H])c([2H])c1-c1ccc2c(ccc3cc4ccccc4cc32)c1. The molecule has 0 atom stereocenters. The van der Waals surface area contributed by atoms with Crippen LogP contribution in [0.1, 0.15) is 5.48 Å². The van der Waals surface area contributed by atoms with E-state index in [1.807, 2.05) is 54.6 Å². The van der Waals surface area contributed by atoms with Crippen LogP contribution in [0.5, 0.6) is 0 Å². The summed E-state index contributed by atoms with van der Waals surface area (Å²) in [7, 11) is 0. The van der Waals surface area contributed by atoms with Gasteiger partial charge in [0, 0.05) is 0 Å². The van der Waals surface area contributed by atoms with Crippen LogP contribution in [-0.4, -0.2) is 0 Å². The molecule has 0 aliphatic rings. The van der Waals surface area contributed by atoms with Crippen molar-refractivity contribution in [1.29, 1.82) is 0 Å². The van der Waals surface area contributed by atoms with E-state index in [1.165, 1.54) is 26.9 Å². The van der Waals surface area contributed by atoms with Crippen LogP contribution in [0.2, 0.25) is 0 Å². The van der Waals surface area contributed by atoms with Crippen molar-refractivity contribution in [3.63, 3.8) is 0 Å². The van der Waals surface area contributed by atoms with E-state index in [0.29, 0.717) is 22.3 Å². The van der Waals surface area contributed by atoms with Gasteiger partial charge in [0.25, 0.3) is 0 Å². The maximum Gasteiger partial charge on any atom is 0.0629 e. The number of rotatable bonds is 2. The summed E-state index contributed by atoms with van der Waals surface area (Å²) in [4.78, 5) is 0. The fourth-order valence-corrected chi connectivity index (χ4v) is 6.50. The molecule has 194 valence electrons. The summed E-state index contributed by atoms with van der Waals surface area (Å²) in [6.07, 6.45) is 0. The fraction of sp³-hybridized carbons (Fsp3) is 0. The first-order valence-electron chi connectivity index (χ1n) is 16.3. The Morgan fingerprint density at radius 3 is 1.33 bits per heavy atom. The quantitative estimate of drug-likeness (QED) is 0.153. The summed E-state index contributed by atoms with van der Waals surface area (Å²) < 4.78 is 36.2. The van der Waals surface area contributed by atoms with E-state index in [-0.39, 0.29) is 24.2 Å². The first kappa shape index (κ1) is 19.6. The van der Waals surface area contributed by atoms with E-state index >= 15 is 0 Å². The Bertz CT molecular complexity index is 2630. The maximum absolute atomic E-state index is 9.05. The number of hydrogen-bond donors (Lipinski definition) is 0. The Balaban J connectivity index is 1.17. The lowest BCUT2D eigenvalue weighted by Crippen LogP contribution is -1.84. The van der Waals surface area contributed by atoms with Gasteiger partial charge in [0.2, 0.25) is 0 Å². The smallest absolute Gasteiger partial charge is 0.0616 e. The van der Waals surface area contributed by atoms with Crippen LogP contribution in [-0.2, 0) is 0 Å². The van der Waals surface area contributed by atoms with E-state index < -0.39 is 0 Å². The topological polar surface area (TPSA) is 0 Å². The van der Waals surface area contributed by atoms with E-state index in [1.54, 1.807) is 0 Å². The molecule has 0 saturated heterocycles. The van der Waals surface area contributed by atoms with Gasteiger partial charge in [0.15, 0.2) is 0 Å². The third-order valence-corrected chi connectivity index (χ3v) is 8.65. The second-order valence-electron chi connectivity index (χ2n) is 11.1. The number of hydrogen-bond acceptors (Lipinski definition) is 0. The Morgan fingerprint density at radius 2 is 0.690 bits per heavy atom. The largest absolute Gasteiger partial charge is 0.0629 e. The molecule has 0 spiro atoms. The van der Waals surface area contributed by atoms with Crippen molar-refractivity contribution in [2.24, 2.45) is 0 Å². The molecule has 0 heterocycles. The van der Waals surface area contributed by atoms with Crippen LogP contribution in [0.4, 0.5) is 0 Å². The zero-order chi connectivity index (χ0) is 31.1. The van der Waals surface area contributed by atoms with Gasteiger partial charge in [-0.25, -0.2) is 0 Å². The van der Waals surface area contributed by atoms with Gasteiger partial charge < -0.3 is 0 Å². The molecule has 0 nitrogen and oxygen atoms in total. The lowest BCUT2D eigenvalue weighted by Gasteiger charge is -2.11. The zero-order valence-electron chi connectivity index (χ0n) is 26.7. The normalized spacial score (nSPS) is 13.1. The predicted octanol–water partition coefficient (Wildman–Crippen LogP) is 11.9.